The predicted octanol–water partition coefficient (Wildman–Crippen LogP) is 1.67. The molecule has 3 aliphatic heterocycles. The van der Waals surface area contributed by atoms with Gasteiger partial charge in [-0.2, -0.15) is 0 Å². The first-order valence-corrected chi connectivity index (χ1v) is 9.51. The lowest BCUT2D eigenvalue weighted by Gasteiger charge is -2.44. The lowest BCUT2D eigenvalue weighted by Crippen LogP contribution is -2.56. The lowest BCUT2D eigenvalue weighted by atomic mass is 10.1. The van der Waals surface area contributed by atoms with Crippen LogP contribution in [-0.4, -0.2) is 66.3 Å². The topological polar surface area (TPSA) is 61.8 Å². The van der Waals surface area contributed by atoms with Crippen LogP contribution in [0.2, 0.25) is 0 Å². The molecule has 5 heterocycles. The van der Waals surface area contributed by atoms with E-state index in [1.54, 1.807) is 4.90 Å². The Morgan fingerprint density at radius 2 is 2.15 bits per heavy atom. The summed E-state index contributed by atoms with van der Waals surface area (Å²) in [4.78, 5) is 27.1. The van der Waals surface area contributed by atoms with E-state index in [0.717, 1.165) is 54.4 Å². The Bertz CT molecular complexity index is 873. The monoisotopic (exact) mass is 365 g/mol. The Morgan fingerprint density at radius 3 is 3.00 bits per heavy atom. The summed E-state index contributed by atoms with van der Waals surface area (Å²) in [5.41, 5.74) is 4.14. The van der Waals surface area contributed by atoms with Crippen molar-refractivity contribution in [3.05, 3.63) is 36.2 Å². The van der Waals surface area contributed by atoms with Gasteiger partial charge in [-0.3, -0.25) is 9.78 Å². The summed E-state index contributed by atoms with van der Waals surface area (Å²) in [5.74, 6) is 0.966. The van der Waals surface area contributed by atoms with E-state index in [0.29, 0.717) is 25.7 Å². The van der Waals surface area contributed by atoms with Crippen molar-refractivity contribution in [1.82, 2.24) is 14.9 Å². The van der Waals surface area contributed by atoms with Crippen molar-refractivity contribution in [3.8, 4) is 11.3 Å². The summed E-state index contributed by atoms with van der Waals surface area (Å²) < 4.78 is 6.08. The van der Waals surface area contributed by atoms with Crippen LogP contribution in [0, 0.1) is 6.92 Å². The molecule has 0 spiro atoms. The molecule has 1 unspecified atom stereocenters. The van der Waals surface area contributed by atoms with Gasteiger partial charge in [0.1, 0.15) is 6.23 Å². The van der Waals surface area contributed by atoms with Crippen molar-refractivity contribution >= 4 is 17.9 Å². The van der Waals surface area contributed by atoms with Gasteiger partial charge in [0.2, 0.25) is 6.41 Å². The number of anilines is 2. The average Bonchev–Trinajstić information content (AvgIpc) is 3.12. The number of ether oxygens (including phenoxy) is 1. The zero-order valence-corrected chi connectivity index (χ0v) is 15.4. The largest absolute Gasteiger partial charge is 0.366 e. The van der Waals surface area contributed by atoms with Crippen LogP contribution in [0.15, 0.2) is 30.5 Å². The van der Waals surface area contributed by atoms with Gasteiger partial charge in [-0.25, -0.2) is 4.98 Å². The number of amides is 1. The molecule has 2 aromatic heterocycles. The van der Waals surface area contributed by atoms with Crippen LogP contribution in [-0.2, 0) is 9.53 Å². The fraction of sp³-hybridized carbons (Fsp3) is 0.450. The maximum absolute atomic E-state index is 11.3. The minimum atomic E-state index is -0.144. The maximum atomic E-state index is 11.3. The van der Waals surface area contributed by atoms with Crippen molar-refractivity contribution in [3.63, 3.8) is 0 Å². The number of aromatic nitrogens is 2. The van der Waals surface area contributed by atoms with E-state index in [9.17, 15) is 4.79 Å². The molecule has 0 N–H and O–H groups in total. The Morgan fingerprint density at radius 1 is 1.22 bits per heavy atom. The number of hydrogen-bond acceptors (Lipinski definition) is 6. The highest BCUT2D eigenvalue weighted by Gasteiger charge is 2.41. The summed E-state index contributed by atoms with van der Waals surface area (Å²) in [5, 5.41) is 0. The summed E-state index contributed by atoms with van der Waals surface area (Å²) in [6.07, 6.45) is 3.68. The van der Waals surface area contributed by atoms with Gasteiger partial charge in [0.25, 0.3) is 0 Å². The van der Waals surface area contributed by atoms with Gasteiger partial charge in [0, 0.05) is 37.1 Å². The highest BCUT2D eigenvalue weighted by atomic mass is 16.5. The number of carbonyl (C=O) groups excluding carboxylic acids is 1. The van der Waals surface area contributed by atoms with E-state index in [2.05, 4.69) is 33.0 Å². The number of morpholine rings is 1. The third-order valence-electron chi connectivity index (χ3n) is 5.73. The molecular weight excluding hydrogens is 342 g/mol. The molecule has 0 saturated carbocycles. The van der Waals surface area contributed by atoms with Crippen LogP contribution < -0.4 is 9.80 Å². The van der Waals surface area contributed by atoms with Gasteiger partial charge >= 0.3 is 0 Å². The van der Waals surface area contributed by atoms with Crippen molar-refractivity contribution in [1.29, 1.82) is 0 Å². The number of rotatable bonds is 3. The molecule has 2 saturated heterocycles. The summed E-state index contributed by atoms with van der Waals surface area (Å²) in [6, 6.07) is 8.68. The molecule has 7 heteroatoms. The van der Waals surface area contributed by atoms with E-state index < -0.39 is 0 Å². The van der Waals surface area contributed by atoms with Crippen LogP contribution in [0.5, 0.6) is 0 Å². The van der Waals surface area contributed by atoms with Crippen LogP contribution in [0.25, 0.3) is 11.3 Å². The molecule has 5 rings (SSSR count). The summed E-state index contributed by atoms with van der Waals surface area (Å²) in [7, 11) is 0. The SMILES string of the molecule is Cc1cc(-c2ccc3c(n2)N(C2CN(C=O)CCO2)[C@H]2CCN3C2)ccn1. The minimum absolute atomic E-state index is 0.144. The Kier molecular flexibility index (Phi) is 3.97. The van der Waals surface area contributed by atoms with E-state index >= 15 is 0 Å². The van der Waals surface area contributed by atoms with Crippen molar-refractivity contribution in [2.75, 3.05) is 42.6 Å². The minimum Gasteiger partial charge on any atom is -0.366 e. The summed E-state index contributed by atoms with van der Waals surface area (Å²) >= 11 is 0. The van der Waals surface area contributed by atoms with Crippen LogP contribution >= 0.6 is 0 Å². The highest BCUT2D eigenvalue weighted by molar-refractivity contribution is 5.76. The Balaban J connectivity index is 1.56. The maximum Gasteiger partial charge on any atom is 0.209 e. The van der Waals surface area contributed by atoms with E-state index in [4.69, 9.17) is 9.72 Å². The van der Waals surface area contributed by atoms with E-state index in [1.807, 2.05) is 19.2 Å². The third-order valence-corrected chi connectivity index (χ3v) is 5.73. The molecule has 1 amide bonds. The standard InChI is InChI=1S/C20H23N5O2/c1-14-10-15(4-6-21-14)17-2-3-18-20(22-17)25(16-5-7-24(18)11-16)19-12-23(13-26)8-9-27-19/h2-4,6,10,13,16,19H,5,7-9,11-12H2,1H3/t16-,19?/m0/s1. The fourth-order valence-corrected chi connectivity index (χ4v) is 4.39. The van der Waals surface area contributed by atoms with Gasteiger partial charge in [-0.15, -0.1) is 0 Å². The lowest BCUT2D eigenvalue weighted by molar-refractivity contribution is -0.125. The molecule has 27 heavy (non-hydrogen) atoms. The Labute approximate surface area is 158 Å². The molecule has 2 fully saturated rings. The highest BCUT2D eigenvalue weighted by Crippen LogP contribution is 2.41. The van der Waals surface area contributed by atoms with Gasteiger partial charge < -0.3 is 19.4 Å². The predicted molar refractivity (Wildman–Crippen MR) is 103 cm³/mol. The molecule has 2 bridgehead atoms. The first kappa shape index (κ1) is 16.5. The summed E-state index contributed by atoms with van der Waals surface area (Å²) in [6.45, 7) is 5.82. The molecule has 0 aliphatic carbocycles. The molecule has 3 aliphatic rings. The van der Waals surface area contributed by atoms with E-state index in [-0.39, 0.29) is 6.23 Å². The van der Waals surface area contributed by atoms with Crippen LogP contribution in [0.3, 0.4) is 0 Å². The van der Waals surface area contributed by atoms with Gasteiger partial charge in [0.15, 0.2) is 5.82 Å². The average molecular weight is 365 g/mol. The van der Waals surface area contributed by atoms with Gasteiger partial charge in [-0.05, 0) is 37.6 Å². The van der Waals surface area contributed by atoms with Crippen molar-refractivity contribution < 1.29 is 9.53 Å². The number of aryl methyl sites for hydroxylation is 1. The number of pyridine rings is 2. The smallest absolute Gasteiger partial charge is 0.209 e. The van der Waals surface area contributed by atoms with Crippen LogP contribution in [0.4, 0.5) is 11.5 Å². The number of nitrogens with zero attached hydrogens (tertiary/aromatic N) is 5. The van der Waals surface area contributed by atoms with E-state index in [1.165, 1.54) is 0 Å². The van der Waals surface area contributed by atoms with Crippen molar-refractivity contribution in [2.24, 2.45) is 0 Å². The normalized spacial score (nSPS) is 24.1. The number of fused-ring (bicyclic) bond motifs is 4. The first-order chi connectivity index (χ1) is 13.2. The molecule has 7 nitrogen and oxygen atoms in total. The molecule has 2 atom stereocenters. The van der Waals surface area contributed by atoms with Crippen molar-refractivity contribution in [2.45, 2.75) is 25.6 Å². The van der Waals surface area contributed by atoms with Crippen LogP contribution in [0.1, 0.15) is 12.1 Å². The molecule has 140 valence electrons. The second kappa shape index (κ2) is 6.49. The second-order valence-corrected chi connectivity index (χ2v) is 7.45. The molecule has 0 aromatic carbocycles. The third kappa shape index (κ3) is 2.82. The number of carbonyl (C=O) groups is 1. The Hall–Kier alpha value is -2.67. The first-order valence-electron chi connectivity index (χ1n) is 9.51. The molecule has 0 radical (unpaired) electrons. The zero-order chi connectivity index (χ0) is 18.4. The number of hydrogen-bond donors (Lipinski definition) is 0. The molecular formula is C20H23N5O2. The quantitative estimate of drug-likeness (QED) is 0.771. The van der Waals surface area contributed by atoms with Gasteiger partial charge in [0.05, 0.1) is 30.6 Å². The zero-order valence-electron chi connectivity index (χ0n) is 15.4. The second-order valence-electron chi connectivity index (χ2n) is 7.45. The fourth-order valence-electron chi connectivity index (χ4n) is 4.39. The molecule has 2 aromatic rings. The van der Waals surface area contributed by atoms with Gasteiger partial charge in [-0.1, -0.05) is 0 Å².